The highest BCUT2D eigenvalue weighted by Crippen LogP contribution is 2.19. The van der Waals surface area contributed by atoms with Gasteiger partial charge in [0.1, 0.15) is 5.76 Å². The number of ether oxygens (including phenoxy) is 1. The van der Waals surface area contributed by atoms with Crippen LogP contribution in [0.3, 0.4) is 0 Å². The molecule has 2 unspecified atom stereocenters. The van der Waals surface area contributed by atoms with Crippen LogP contribution in [0.2, 0.25) is 0 Å². The van der Waals surface area contributed by atoms with Crippen molar-refractivity contribution in [3.8, 4) is 0 Å². The van der Waals surface area contributed by atoms with E-state index in [9.17, 15) is 0 Å². The van der Waals surface area contributed by atoms with E-state index in [1.165, 1.54) is 25.7 Å². The maximum Gasteiger partial charge on any atom is 0.103 e. The van der Waals surface area contributed by atoms with E-state index >= 15 is 0 Å². The van der Waals surface area contributed by atoms with Gasteiger partial charge in [0, 0.05) is 19.1 Å². The van der Waals surface area contributed by atoms with Crippen LogP contribution >= 0.6 is 0 Å². The third kappa shape index (κ3) is 4.17. The zero-order valence-corrected chi connectivity index (χ0v) is 10.7. The van der Waals surface area contributed by atoms with Crippen molar-refractivity contribution in [2.24, 2.45) is 0 Å². The van der Waals surface area contributed by atoms with Gasteiger partial charge in [-0.15, -0.1) is 0 Å². The van der Waals surface area contributed by atoms with Gasteiger partial charge in [-0.25, -0.2) is 0 Å². The predicted octanol–water partition coefficient (Wildman–Crippen LogP) is 2.76. The van der Waals surface area contributed by atoms with E-state index in [2.05, 4.69) is 5.32 Å². The topological polar surface area (TPSA) is 34.4 Å². The van der Waals surface area contributed by atoms with Gasteiger partial charge in [-0.2, -0.15) is 0 Å². The highest BCUT2D eigenvalue weighted by atomic mass is 16.5. The average molecular weight is 237 g/mol. The Balaban J connectivity index is 1.65. The van der Waals surface area contributed by atoms with Crippen LogP contribution < -0.4 is 5.32 Å². The third-order valence-corrected chi connectivity index (χ3v) is 3.59. The summed E-state index contributed by atoms with van der Waals surface area (Å²) < 4.78 is 11.0. The summed E-state index contributed by atoms with van der Waals surface area (Å²) in [4.78, 5) is 0. The maximum absolute atomic E-state index is 5.65. The van der Waals surface area contributed by atoms with E-state index in [4.69, 9.17) is 9.15 Å². The van der Waals surface area contributed by atoms with Gasteiger partial charge in [-0.3, -0.25) is 0 Å². The minimum atomic E-state index is 0.509. The minimum absolute atomic E-state index is 0.509. The Morgan fingerprint density at radius 2 is 2.41 bits per heavy atom. The molecule has 0 saturated carbocycles. The number of rotatable bonds is 7. The molecule has 17 heavy (non-hydrogen) atoms. The van der Waals surface area contributed by atoms with E-state index in [0.717, 1.165) is 25.2 Å². The third-order valence-electron chi connectivity index (χ3n) is 3.59. The van der Waals surface area contributed by atoms with Gasteiger partial charge in [0.25, 0.3) is 0 Å². The number of nitrogens with one attached hydrogen (secondary N) is 1. The Kier molecular flexibility index (Phi) is 5.08. The molecule has 2 atom stereocenters. The SMILES string of the molecule is CNC(CCc1ccco1)CCC1CCCO1. The summed E-state index contributed by atoms with van der Waals surface area (Å²) in [5, 5.41) is 3.39. The summed E-state index contributed by atoms with van der Waals surface area (Å²) in [6, 6.07) is 4.58. The second-order valence-corrected chi connectivity index (χ2v) is 4.82. The first kappa shape index (κ1) is 12.7. The molecule has 1 aromatic rings. The summed E-state index contributed by atoms with van der Waals surface area (Å²) in [5.74, 6) is 1.09. The lowest BCUT2D eigenvalue weighted by Crippen LogP contribution is -2.27. The second kappa shape index (κ2) is 6.82. The number of hydrogen-bond donors (Lipinski definition) is 1. The Labute approximate surface area is 104 Å². The molecule has 1 saturated heterocycles. The van der Waals surface area contributed by atoms with E-state index in [0.29, 0.717) is 12.1 Å². The summed E-state index contributed by atoms with van der Waals surface area (Å²) in [5.41, 5.74) is 0. The Hall–Kier alpha value is -0.800. The molecular formula is C14H23NO2. The molecule has 3 nitrogen and oxygen atoms in total. The molecule has 0 spiro atoms. The minimum Gasteiger partial charge on any atom is -0.469 e. The lowest BCUT2D eigenvalue weighted by Gasteiger charge is -2.17. The molecule has 0 radical (unpaired) electrons. The van der Waals surface area contributed by atoms with Gasteiger partial charge in [0.2, 0.25) is 0 Å². The number of furan rings is 1. The van der Waals surface area contributed by atoms with E-state index < -0.39 is 0 Å². The molecule has 1 fully saturated rings. The van der Waals surface area contributed by atoms with Gasteiger partial charge in [-0.05, 0) is 51.3 Å². The first-order chi connectivity index (χ1) is 8.38. The fourth-order valence-electron chi connectivity index (χ4n) is 2.46. The lowest BCUT2D eigenvalue weighted by molar-refractivity contribution is 0.0995. The molecular weight excluding hydrogens is 214 g/mol. The zero-order valence-electron chi connectivity index (χ0n) is 10.7. The molecule has 1 aliphatic rings. The summed E-state index contributed by atoms with van der Waals surface area (Å²) in [6.07, 6.45) is 9.27. The summed E-state index contributed by atoms with van der Waals surface area (Å²) in [7, 11) is 2.04. The smallest absolute Gasteiger partial charge is 0.103 e. The van der Waals surface area contributed by atoms with Crippen LogP contribution in [-0.4, -0.2) is 25.8 Å². The van der Waals surface area contributed by atoms with E-state index in [-0.39, 0.29) is 0 Å². The van der Waals surface area contributed by atoms with Crippen molar-refractivity contribution in [2.45, 2.75) is 50.7 Å². The van der Waals surface area contributed by atoms with Crippen LogP contribution in [-0.2, 0) is 11.2 Å². The summed E-state index contributed by atoms with van der Waals surface area (Å²) in [6.45, 7) is 0.960. The highest BCUT2D eigenvalue weighted by Gasteiger charge is 2.17. The zero-order chi connectivity index (χ0) is 11.9. The molecule has 1 N–H and O–H groups in total. The molecule has 96 valence electrons. The molecule has 1 aliphatic heterocycles. The first-order valence-electron chi connectivity index (χ1n) is 6.69. The Morgan fingerprint density at radius 1 is 1.47 bits per heavy atom. The van der Waals surface area contributed by atoms with Crippen molar-refractivity contribution < 1.29 is 9.15 Å². The van der Waals surface area contributed by atoms with Crippen molar-refractivity contribution in [3.63, 3.8) is 0 Å². The molecule has 0 aromatic carbocycles. The molecule has 2 heterocycles. The average Bonchev–Trinajstić information content (AvgIpc) is 3.02. The van der Waals surface area contributed by atoms with Crippen LogP contribution in [0.5, 0.6) is 0 Å². The molecule has 0 amide bonds. The normalized spacial score (nSPS) is 21.8. The van der Waals surface area contributed by atoms with Gasteiger partial charge in [-0.1, -0.05) is 0 Å². The standard InChI is InChI=1S/C14H23NO2/c1-15-12(6-8-13-4-2-10-16-13)7-9-14-5-3-11-17-14/h2,4,10,12,14-15H,3,5-9,11H2,1H3. The van der Waals surface area contributed by atoms with Crippen molar-refractivity contribution in [1.29, 1.82) is 0 Å². The van der Waals surface area contributed by atoms with Crippen LogP contribution in [0.1, 0.15) is 37.9 Å². The largest absolute Gasteiger partial charge is 0.469 e. The number of hydrogen-bond acceptors (Lipinski definition) is 3. The van der Waals surface area contributed by atoms with E-state index in [1.807, 2.05) is 19.2 Å². The fraction of sp³-hybridized carbons (Fsp3) is 0.714. The molecule has 0 bridgehead atoms. The molecule has 1 aromatic heterocycles. The number of aryl methyl sites for hydroxylation is 1. The Bertz CT molecular complexity index is 291. The van der Waals surface area contributed by atoms with Crippen molar-refractivity contribution in [1.82, 2.24) is 5.32 Å². The molecule has 0 aliphatic carbocycles. The predicted molar refractivity (Wildman–Crippen MR) is 68.1 cm³/mol. The van der Waals surface area contributed by atoms with Crippen LogP contribution in [0.4, 0.5) is 0 Å². The Morgan fingerprint density at radius 3 is 3.06 bits per heavy atom. The van der Waals surface area contributed by atoms with Gasteiger partial charge < -0.3 is 14.5 Å². The molecule has 2 rings (SSSR count). The fourth-order valence-corrected chi connectivity index (χ4v) is 2.46. The first-order valence-corrected chi connectivity index (χ1v) is 6.69. The monoisotopic (exact) mass is 237 g/mol. The van der Waals surface area contributed by atoms with Crippen molar-refractivity contribution in [3.05, 3.63) is 24.2 Å². The van der Waals surface area contributed by atoms with Gasteiger partial charge in [0.15, 0.2) is 0 Å². The van der Waals surface area contributed by atoms with Crippen LogP contribution in [0, 0.1) is 0 Å². The van der Waals surface area contributed by atoms with Gasteiger partial charge in [0.05, 0.1) is 12.4 Å². The lowest BCUT2D eigenvalue weighted by atomic mass is 10.0. The second-order valence-electron chi connectivity index (χ2n) is 4.82. The highest BCUT2D eigenvalue weighted by molar-refractivity contribution is 4.98. The maximum atomic E-state index is 5.65. The van der Waals surface area contributed by atoms with Crippen molar-refractivity contribution >= 4 is 0 Å². The van der Waals surface area contributed by atoms with Gasteiger partial charge >= 0.3 is 0 Å². The van der Waals surface area contributed by atoms with Crippen LogP contribution in [0.25, 0.3) is 0 Å². The summed E-state index contributed by atoms with van der Waals surface area (Å²) >= 11 is 0. The quantitative estimate of drug-likeness (QED) is 0.792. The van der Waals surface area contributed by atoms with Crippen LogP contribution in [0.15, 0.2) is 22.8 Å². The van der Waals surface area contributed by atoms with Crippen molar-refractivity contribution in [2.75, 3.05) is 13.7 Å². The van der Waals surface area contributed by atoms with E-state index in [1.54, 1.807) is 6.26 Å². The molecule has 3 heteroatoms.